The summed E-state index contributed by atoms with van der Waals surface area (Å²) >= 11 is 0. The number of hydrogen-bond acceptors (Lipinski definition) is 5. The highest BCUT2D eigenvalue weighted by Crippen LogP contribution is 2.23. The fourth-order valence-corrected chi connectivity index (χ4v) is 3.13. The van der Waals surface area contributed by atoms with Crippen LogP contribution in [0.1, 0.15) is 42.4 Å². The van der Waals surface area contributed by atoms with E-state index in [-0.39, 0.29) is 36.0 Å². The summed E-state index contributed by atoms with van der Waals surface area (Å²) in [5.41, 5.74) is -0.893. The molecule has 29 heavy (non-hydrogen) atoms. The van der Waals surface area contributed by atoms with Gasteiger partial charge in [-0.25, -0.2) is 13.5 Å². The third-order valence-electron chi connectivity index (χ3n) is 4.82. The van der Waals surface area contributed by atoms with Crippen LogP contribution >= 0.6 is 12.4 Å². The molecule has 0 unspecified atom stereocenters. The number of likely N-dealkylation sites (N-methyl/N-ethyl adjacent to an activating group) is 1. The molecule has 0 saturated carbocycles. The number of halogens is 3. The molecule has 0 bridgehead atoms. The Kier molecular flexibility index (Phi) is 6.91. The second-order valence-corrected chi connectivity index (χ2v) is 7.23. The molecule has 0 radical (unpaired) electrons. The van der Waals surface area contributed by atoms with Gasteiger partial charge in [-0.1, -0.05) is 11.3 Å². The third kappa shape index (κ3) is 4.70. The molecule has 11 heteroatoms. The molecule has 1 fully saturated rings. The normalized spacial score (nSPS) is 18.8. The van der Waals surface area contributed by atoms with Gasteiger partial charge in [0.2, 0.25) is 5.91 Å². The lowest BCUT2D eigenvalue weighted by Gasteiger charge is -2.24. The SMILES string of the molecule is CNC(=O)[C@@H]1C[C@H](n2cc(C(C)(C)NC(=O)c3cccc(F)c3F)nn2)CN1.Cl. The molecule has 2 amide bonds. The van der Waals surface area contributed by atoms with Crippen molar-refractivity contribution in [2.45, 2.75) is 37.9 Å². The van der Waals surface area contributed by atoms with Gasteiger partial charge in [0.05, 0.1) is 29.4 Å². The Bertz CT molecular complexity index is 904. The summed E-state index contributed by atoms with van der Waals surface area (Å²) in [6, 6.07) is 3.07. The Labute approximate surface area is 172 Å². The van der Waals surface area contributed by atoms with Crippen LogP contribution in [0.2, 0.25) is 0 Å². The van der Waals surface area contributed by atoms with Gasteiger partial charge in [-0.05, 0) is 32.4 Å². The maximum absolute atomic E-state index is 13.9. The van der Waals surface area contributed by atoms with E-state index in [0.29, 0.717) is 18.7 Å². The molecule has 0 spiro atoms. The molecule has 2 atom stereocenters. The fourth-order valence-electron chi connectivity index (χ4n) is 3.13. The van der Waals surface area contributed by atoms with Gasteiger partial charge in [0.25, 0.3) is 5.91 Å². The molecule has 8 nitrogen and oxygen atoms in total. The summed E-state index contributed by atoms with van der Waals surface area (Å²) < 4.78 is 28.9. The molecular formula is C18H23ClF2N6O2. The number of rotatable bonds is 5. The van der Waals surface area contributed by atoms with E-state index in [1.165, 1.54) is 12.1 Å². The summed E-state index contributed by atoms with van der Waals surface area (Å²) in [4.78, 5) is 24.1. The highest BCUT2D eigenvalue weighted by atomic mass is 35.5. The minimum atomic E-state index is -1.20. The Balaban J connectivity index is 0.00000300. The summed E-state index contributed by atoms with van der Waals surface area (Å²) in [7, 11) is 1.58. The molecule has 1 aliphatic rings. The molecule has 158 valence electrons. The van der Waals surface area contributed by atoms with Gasteiger partial charge in [0.15, 0.2) is 11.6 Å². The second kappa shape index (κ2) is 8.83. The lowest BCUT2D eigenvalue weighted by atomic mass is 10.0. The van der Waals surface area contributed by atoms with Gasteiger partial charge in [0, 0.05) is 13.6 Å². The van der Waals surface area contributed by atoms with Gasteiger partial charge in [0.1, 0.15) is 5.69 Å². The van der Waals surface area contributed by atoms with E-state index in [1.54, 1.807) is 31.8 Å². The van der Waals surface area contributed by atoms with Crippen molar-refractivity contribution in [2.75, 3.05) is 13.6 Å². The van der Waals surface area contributed by atoms with Gasteiger partial charge in [-0.2, -0.15) is 0 Å². The number of nitrogens with zero attached hydrogens (tertiary/aromatic N) is 3. The average molecular weight is 429 g/mol. The van der Waals surface area contributed by atoms with Crippen molar-refractivity contribution in [3.8, 4) is 0 Å². The zero-order valence-corrected chi connectivity index (χ0v) is 17.0. The second-order valence-electron chi connectivity index (χ2n) is 7.23. The molecule has 1 aromatic carbocycles. The van der Waals surface area contributed by atoms with E-state index in [0.717, 1.165) is 6.07 Å². The quantitative estimate of drug-likeness (QED) is 0.666. The highest BCUT2D eigenvalue weighted by Gasteiger charge is 2.33. The van der Waals surface area contributed by atoms with Crippen LogP contribution in [0.3, 0.4) is 0 Å². The van der Waals surface area contributed by atoms with Gasteiger partial charge < -0.3 is 16.0 Å². The minimum absolute atomic E-state index is 0. The smallest absolute Gasteiger partial charge is 0.255 e. The van der Waals surface area contributed by atoms with Crippen molar-refractivity contribution >= 4 is 24.2 Å². The van der Waals surface area contributed by atoms with E-state index >= 15 is 0 Å². The predicted molar refractivity (Wildman–Crippen MR) is 104 cm³/mol. The van der Waals surface area contributed by atoms with Crippen LogP contribution in [0.15, 0.2) is 24.4 Å². The van der Waals surface area contributed by atoms with Crippen molar-refractivity contribution in [3.05, 3.63) is 47.3 Å². The molecule has 1 aliphatic heterocycles. The van der Waals surface area contributed by atoms with Gasteiger partial charge in [-0.3, -0.25) is 9.59 Å². The first-order valence-electron chi connectivity index (χ1n) is 8.86. The van der Waals surface area contributed by atoms with Crippen molar-refractivity contribution in [2.24, 2.45) is 0 Å². The molecule has 2 heterocycles. The molecule has 1 saturated heterocycles. The van der Waals surface area contributed by atoms with Crippen LogP contribution in [0.5, 0.6) is 0 Å². The fraction of sp³-hybridized carbons (Fsp3) is 0.444. The van der Waals surface area contributed by atoms with Crippen molar-refractivity contribution < 1.29 is 18.4 Å². The molecular weight excluding hydrogens is 406 g/mol. The lowest BCUT2D eigenvalue weighted by molar-refractivity contribution is -0.122. The summed E-state index contributed by atoms with van der Waals surface area (Å²) in [6.45, 7) is 3.94. The Morgan fingerprint density at radius 2 is 2.03 bits per heavy atom. The zero-order chi connectivity index (χ0) is 20.5. The number of nitrogens with one attached hydrogen (secondary N) is 3. The molecule has 3 rings (SSSR count). The number of carbonyl (C=O) groups excluding carboxylic acids is 2. The van der Waals surface area contributed by atoms with Crippen molar-refractivity contribution in [3.63, 3.8) is 0 Å². The van der Waals surface area contributed by atoms with E-state index in [9.17, 15) is 18.4 Å². The largest absolute Gasteiger partial charge is 0.358 e. The van der Waals surface area contributed by atoms with Crippen LogP contribution in [0, 0.1) is 11.6 Å². The number of carbonyl (C=O) groups is 2. The predicted octanol–water partition coefficient (Wildman–Crippen LogP) is 1.29. The van der Waals surface area contributed by atoms with Crippen LogP contribution in [-0.2, 0) is 10.3 Å². The van der Waals surface area contributed by atoms with E-state index in [4.69, 9.17) is 0 Å². The topological polar surface area (TPSA) is 101 Å². The number of aromatic nitrogens is 3. The van der Waals surface area contributed by atoms with Crippen LogP contribution in [0.4, 0.5) is 8.78 Å². The maximum Gasteiger partial charge on any atom is 0.255 e. The summed E-state index contributed by atoms with van der Waals surface area (Å²) in [5, 5.41) is 16.6. The third-order valence-corrected chi connectivity index (χ3v) is 4.82. The first kappa shape index (κ1) is 22.7. The molecule has 2 aromatic rings. The highest BCUT2D eigenvalue weighted by molar-refractivity contribution is 5.95. The molecule has 3 N–H and O–H groups in total. The standard InChI is InChI=1S/C18H22F2N6O2.ClH/c1-18(2,23-16(27)11-5-4-6-12(19)15(11)20)14-9-26(25-24-14)10-7-13(22-8-10)17(28)21-3;/h4-6,9-10,13,22H,7-8H2,1-3H3,(H,21,28)(H,23,27);1H/t10-,13-;/m0./s1. The molecule has 1 aromatic heterocycles. The number of hydrogen-bond donors (Lipinski definition) is 3. The Morgan fingerprint density at radius 3 is 2.72 bits per heavy atom. The van der Waals surface area contributed by atoms with Crippen LogP contribution < -0.4 is 16.0 Å². The van der Waals surface area contributed by atoms with Crippen molar-refractivity contribution in [1.82, 2.24) is 30.9 Å². The number of benzene rings is 1. The van der Waals surface area contributed by atoms with E-state index < -0.39 is 23.1 Å². The summed E-state index contributed by atoms with van der Waals surface area (Å²) in [5.74, 6) is -3.13. The van der Waals surface area contributed by atoms with Crippen molar-refractivity contribution in [1.29, 1.82) is 0 Å². The maximum atomic E-state index is 13.9. The van der Waals surface area contributed by atoms with E-state index in [2.05, 4.69) is 26.3 Å². The summed E-state index contributed by atoms with van der Waals surface area (Å²) in [6.07, 6.45) is 2.24. The lowest BCUT2D eigenvalue weighted by Crippen LogP contribution is -2.41. The Morgan fingerprint density at radius 1 is 1.31 bits per heavy atom. The zero-order valence-electron chi connectivity index (χ0n) is 16.2. The monoisotopic (exact) mass is 428 g/mol. The van der Waals surface area contributed by atoms with Gasteiger partial charge >= 0.3 is 0 Å². The van der Waals surface area contributed by atoms with Crippen LogP contribution in [-0.4, -0.2) is 46.4 Å². The first-order chi connectivity index (χ1) is 13.2. The van der Waals surface area contributed by atoms with Gasteiger partial charge in [-0.15, -0.1) is 17.5 Å². The minimum Gasteiger partial charge on any atom is -0.358 e. The number of amides is 2. The Hall–Kier alpha value is -2.59. The first-order valence-corrected chi connectivity index (χ1v) is 8.86. The van der Waals surface area contributed by atoms with E-state index in [1.807, 2.05) is 0 Å². The molecule has 0 aliphatic carbocycles. The van der Waals surface area contributed by atoms with Crippen LogP contribution in [0.25, 0.3) is 0 Å². The average Bonchev–Trinajstić information content (AvgIpc) is 3.32.